The summed E-state index contributed by atoms with van der Waals surface area (Å²) >= 11 is 0. The molecular formula is C19H20FN5O2. The maximum absolute atomic E-state index is 13.2. The fraction of sp³-hybridized carbons (Fsp3) is 0.316. The Morgan fingerprint density at radius 1 is 1.26 bits per heavy atom. The third-order valence-corrected chi connectivity index (χ3v) is 4.67. The minimum atomic E-state index is -0.362. The molecule has 140 valence electrons. The number of hydrogen-bond donors (Lipinski definition) is 2. The lowest BCUT2D eigenvalue weighted by atomic mass is 10.2. The Bertz CT molecular complexity index is 965. The molecule has 0 radical (unpaired) electrons. The number of aryl methyl sites for hydroxylation is 1. The number of fused-ring (bicyclic) bond motifs is 1. The quantitative estimate of drug-likeness (QED) is 0.699. The van der Waals surface area contributed by atoms with E-state index < -0.39 is 0 Å². The number of carbonyl (C=O) groups excluding carboxylic acids is 1. The third-order valence-electron chi connectivity index (χ3n) is 4.67. The third kappa shape index (κ3) is 3.69. The van der Waals surface area contributed by atoms with Crippen molar-refractivity contribution in [1.29, 1.82) is 0 Å². The van der Waals surface area contributed by atoms with E-state index in [2.05, 4.69) is 20.4 Å². The van der Waals surface area contributed by atoms with Gasteiger partial charge in [-0.15, -0.1) is 0 Å². The zero-order valence-electron chi connectivity index (χ0n) is 15.0. The summed E-state index contributed by atoms with van der Waals surface area (Å²) in [6.45, 7) is 0.604. The molecular weight excluding hydrogens is 349 g/mol. The van der Waals surface area contributed by atoms with E-state index in [1.807, 2.05) is 0 Å². The van der Waals surface area contributed by atoms with Crippen LogP contribution in [0, 0.1) is 5.82 Å². The Kier molecular flexibility index (Phi) is 4.62. The number of nitrogens with zero attached hydrogens (tertiary/aromatic N) is 3. The normalized spacial score (nSPS) is 12.8. The van der Waals surface area contributed by atoms with Gasteiger partial charge in [-0.05, 0) is 43.0 Å². The van der Waals surface area contributed by atoms with Crippen molar-refractivity contribution in [3.8, 4) is 5.75 Å². The van der Waals surface area contributed by atoms with Crippen LogP contribution in [-0.4, -0.2) is 38.2 Å². The van der Waals surface area contributed by atoms with Gasteiger partial charge in [0.25, 0.3) is 5.91 Å². The van der Waals surface area contributed by atoms with Crippen molar-refractivity contribution in [3.05, 3.63) is 64.5 Å². The van der Waals surface area contributed by atoms with Gasteiger partial charge in [0.05, 0.1) is 17.9 Å². The molecule has 3 aromatic rings. The molecule has 7 nitrogen and oxygen atoms in total. The van der Waals surface area contributed by atoms with Crippen LogP contribution >= 0.6 is 0 Å². The van der Waals surface area contributed by atoms with Crippen molar-refractivity contribution in [2.24, 2.45) is 0 Å². The van der Waals surface area contributed by atoms with Crippen LogP contribution in [0.2, 0.25) is 0 Å². The highest BCUT2D eigenvalue weighted by molar-refractivity contribution is 5.92. The predicted molar refractivity (Wildman–Crippen MR) is 95.7 cm³/mol. The fourth-order valence-electron chi connectivity index (χ4n) is 3.27. The van der Waals surface area contributed by atoms with Gasteiger partial charge in [0.2, 0.25) is 0 Å². The second kappa shape index (κ2) is 7.22. The number of aromatic nitrogens is 4. The number of H-pyrrole nitrogens is 2. The van der Waals surface area contributed by atoms with Gasteiger partial charge in [-0.2, -0.15) is 10.2 Å². The first kappa shape index (κ1) is 17.3. The molecule has 8 heteroatoms. The topological polar surface area (TPSA) is 86.9 Å². The fourth-order valence-corrected chi connectivity index (χ4v) is 3.27. The molecule has 2 aromatic heterocycles. The average molecular weight is 369 g/mol. The molecule has 27 heavy (non-hydrogen) atoms. The number of halogens is 1. The van der Waals surface area contributed by atoms with Crippen LogP contribution in [0.15, 0.2) is 30.3 Å². The zero-order chi connectivity index (χ0) is 18.8. The van der Waals surface area contributed by atoms with Crippen molar-refractivity contribution < 1.29 is 13.9 Å². The minimum Gasteiger partial charge on any atom is -0.487 e. The summed E-state index contributed by atoms with van der Waals surface area (Å²) in [6.07, 6.45) is 3.16. The summed E-state index contributed by atoms with van der Waals surface area (Å²) in [5.41, 5.74) is 4.28. The monoisotopic (exact) mass is 369 g/mol. The molecule has 1 aliphatic rings. The smallest absolute Gasteiger partial charge is 0.274 e. The van der Waals surface area contributed by atoms with Gasteiger partial charge in [-0.25, -0.2) is 4.39 Å². The summed E-state index contributed by atoms with van der Waals surface area (Å²) in [4.78, 5) is 14.2. The van der Waals surface area contributed by atoms with Crippen molar-refractivity contribution in [3.63, 3.8) is 0 Å². The minimum absolute atomic E-state index is 0.167. The van der Waals surface area contributed by atoms with E-state index >= 15 is 0 Å². The molecule has 1 amide bonds. The Morgan fingerprint density at radius 3 is 3.00 bits per heavy atom. The van der Waals surface area contributed by atoms with Crippen LogP contribution in [-0.2, 0) is 26.0 Å². The molecule has 4 rings (SSSR count). The molecule has 0 spiro atoms. The molecule has 0 unspecified atom stereocenters. The highest BCUT2D eigenvalue weighted by Gasteiger charge is 2.22. The second-order valence-corrected chi connectivity index (χ2v) is 6.67. The molecule has 2 N–H and O–H groups in total. The van der Waals surface area contributed by atoms with E-state index in [9.17, 15) is 9.18 Å². The molecule has 0 atom stereocenters. The van der Waals surface area contributed by atoms with Crippen molar-refractivity contribution in [2.45, 2.75) is 32.4 Å². The van der Waals surface area contributed by atoms with Crippen molar-refractivity contribution >= 4 is 5.91 Å². The summed E-state index contributed by atoms with van der Waals surface area (Å²) in [6, 6.07) is 7.55. The van der Waals surface area contributed by atoms with Gasteiger partial charge in [-0.3, -0.25) is 15.0 Å². The molecule has 1 aliphatic carbocycles. The predicted octanol–water partition coefficient (Wildman–Crippen LogP) is 2.61. The Balaban J connectivity index is 1.37. The highest BCUT2D eigenvalue weighted by Crippen LogP contribution is 2.23. The van der Waals surface area contributed by atoms with Crippen LogP contribution in [0.4, 0.5) is 4.39 Å². The lowest BCUT2D eigenvalue weighted by Gasteiger charge is -2.14. The first-order chi connectivity index (χ1) is 13.1. The number of amides is 1. The van der Waals surface area contributed by atoms with Gasteiger partial charge in [0.1, 0.15) is 18.2 Å². The van der Waals surface area contributed by atoms with E-state index in [1.54, 1.807) is 30.1 Å². The number of ether oxygens (including phenoxy) is 1. The zero-order valence-corrected chi connectivity index (χ0v) is 15.0. The van der Waals surface area contributed by atoms with E-state index in [-0.39, 0.29) is 18.3 Å². The van der Waals surface area contributed by atoms with E-state index in [1.165, 1.54) is 23.4 Å². The molecule has 1 aromatic carbocycles. The molecule has 0 saturated carbocycles. The Morgan fingerprint density at radius 2 is 2.15 bits per heavy atom. The molecule has 0 bridgehead atoms. The van der Waals surface area contributed by atoms with Crippen LogP contribution < -0.4 is 4.74 Å². The summed E-state index contributed by atoms with van der Waals surface area (Å²) in [5, 5.41) is 14.2. The Hall–Kier alpha value is -3.16. The summed E-state index contributed by atoms with van der Waals surface area (Å²) < 4.78 is 18.7. The molecule has 2 heterocycles. The summed E-state index contributed by atoms with van der Waals surface area (Å²) in [7, 11) is 1.73. The molecule has 0 aliphatic heterocycles. The number of benzene rings is 1. The van der Waals surface area contributed by atoms with Crippen LogP contribution in [0.25, 0.3) is 0 Å². The van der Waals surface area contributed by atoms with Crippen molar-refractivity contribution in [1.82, 2.24) is 25.3 Å². The SMILES string of the molecule is CN(Cc1n[nH]c2c1CCC2)C(=O)c1cc(COc2cccc(F)c2)[nH]n1. The number of hydrogen-bond acceptors (Lipinski definition) is 4. The molecule has 0 fully saturated rings. The maximum atomic E-state index is 13.2. The lowest BCUT2D eigenvalue weighted by molar-refractivity contribution is 0.0777. The van der Waals surface area contributed by atoms with E-state index in [0.717, 1.165) is 25.0 Å². The first-order valence-corrected chi connectivity index (χ1v) is 8.83. The van der Waals surface area contributed by atoms with Gasteiger partial charge in [0, 0.05) is 18.8 Å². The van der Waals surface area contributed by atoms with Gasteiger partial charge < -0.3 is 9.64 Å². The van der Waals surface area contributed by atoms with E-state index in [4.69, 9.17) is 4.74 Å². The Labute approximate surface area is 155 Å². The van der Waals surface area contributed by atoms with Gasteiger partial charge in [-0.1, -0.05) is 6.07 Å². The largest absolute Gasteiger partial charge is 0.487 e. The first-order valence-electron chi connectivity index (χ1n) is 8.83. The number of rotatable bonds is 6. The maximum Gasteiger partial charge on any atom is 0.274 e. The van der Waals surface area contributed by atoms with Crippen LogP contribution in [0.5, 0.6) is 5.75 Å². The second-order valence-electron chi connectivity index (χ2n) is 6.67. The van der Waals surface area contributed by atoms with Gasteiger partial charge in [0.15, 0.2) is 5.69 Å². The lowest BCUT2D eigenvalue weighted by Crippen LogP contribution is -2.27. The highest BCUT2D eigenvalue weighted by atomic mass is 19.1. The standard InChI is InChI=1S/C19H20FN5O2/c1-25(10-18-15-6-3-7-16(15)22-24-18)19(26)17-9-13(21-23-17)11-27-14-5-2-4-12(20)8-14/h2,4-5,8-9H,3,6-7,10-11H2,1H3,(H,21,23)(H,22,24). The van der Waals surface area contributed by atoms with Crippen molar-refractivity contribution in [2.75, 3.05) is 7.05 Å². The van der Waals surface area contributed by atoms with Gasteiger partial charge >= 0.3 is 0 Å². The van der Waals surface area contributed by atoms with Crippen LogP contribution in [0.3, 0.4) is 0 Å². The number of nitrogens with one attached hydrogen (secondary N) is 2. The summed E-state index contributed by atoms with van der Waals surface area (Å²) in [5.74, 6) is -0.139. The average Bonchev–Trinajstić information content (AvgIpc) is 3.38. The van der Waals surface area contributed by atoms with Crippen LogP contribution in [0.1, 0.15) is 39.6 Å². The number of aromatic amines is 2. The van der Waals surface area contributed by atoms with E-state index in [0.29, 0.717) is 23.7 Å². The number of carbonyl (C=O) groups is 1. The molecule has 0 saturated heterocycles.